The third-order valence-corrected chi connectivity index (χ3v) is 2.34. The van der Waals surface area contributed by atoms with Crippen LogP contribution in [0.1, 0.15) is 5.56 Å². The zero-order valence-electron chi connectivity index (χ0n) is 8.14. The average molecular weight is 227 g/mol. The number of nitrogens with one attached hydrogen (secondary N) is 1. The van der Waals surface area contributed by atoms with E-state index in [9.17, 15) is 18.0 Å². The molecule has 0 fully saturated rings. The van der Waals surface area contributed by atoms with Crippen molar-refractivity contribution in [2.45, 2.75) is 12.6 Å². The fraction of sp³-hybridized carbons (Fsp3) is 0.182. The Morgan fingerprint density at radius 3 is 2.69 bits per heavy atom. The normalized spacial score (nSPS) is 11.9. The van der Waals surface area contributed by atoms with Crippen molar-refractivity contribution < 1.29 is 18.0 Å². The van der Waals surface area contributed by atoms with Gasteiger partial charge in [-0.2, -0.15) is 13.2 Å². The molecule has 0 saturated carbocycles. The Balaban J connectivity index is 2.35. The highest BCUT2D eigenvalue weighted by molar-refractivity contribution is 5.91. The van der Waals surface area contributed by atoms with E-state index < -0.39 is 18.4 Å². The van der Waals surface area contributed by atoms with Gasteiger partial charge in [0.1, 0.15) is 0 Å². The molecular weight excluding hydrogens is 219 g/mol. The number of hydrogen-bond acceptors (Lipinski definition) is 1. The predicted octanol–water partition coefficient (Wildman–Crippen LogP) is 2.84. The van der Waals surface area contributed by atoms with Gasteiger partial charge in [-0.05, 0) is 17.0 Å². The number of benzene rings is 1. The molecule has 1 aromatic heterocycles. The molecule has 0 amide bonds. The Bertz CT molecular complexity index is 527. The number of carbonyl (C=O) groups is 1. The molecule has 0 atom stereocenters. The Morgan fingerprint density at radius 1 is 1.25 bits per heavy atom. The summed E-state index contributed by atoms with van der Waals surface area (Å²) in [5.41, 5.74) is 0.949. The molecule has 0 unspecified atom stereocenters. The second-order valence-corrected chi connectivity index (χ2v) is 3.46. The molecule has 2 nitrogen and oxygen atoms in total. The van der Waals surface area contributed by atoms with Crippen molar-refractivity contribution in [2.75, 3.05) is 0 Å². The van der Waals surface area contributed by atoms with Gasteiger partial charge in [0.25, 0.3) is 0 Å². The Morgan fingerprint density at radius 2 is 2.00 bits per heavy atom. The van der Waals surface area contributed by atoms with Crippen LogP contribution in [-0.2, 0) is 11.2 Å². The van der Waals surface area contributed by atoms with Crippen LogP contribution in [-0.4, -0.2) is 16.9 Å². The lowest BCUT2D eigenvalue weighted by atomic mass is 10.1. The van der Waals surface area contributed by atoms with Crippen molar-refractivity contribution in [3.63, 3.8) is 0 Å². The van der Waals surface area contributed by atoms with E-state index in [-0.39, 0.29) is 0 Å². The maximum atomic E-state index is 12.1. The number of ketones is 1. The van der Waals surface area contributed by atoms with Gasteiger partial charge in [-0.1, -0.05) is 18.2 Å². The van der Waals surface area contributed by atoms with Gasteiger partial charge in [0.2, 0.25) is 5.78 Å². The second-order valence-electron chi connectivity index (χ2n) is 3.46. The summed E-state index contributed by atoms with van der Waals surface area (Å²) >= 11 is 0. The fourth-order valence-corrected chi connectivity index (χ4v) is 1.57. The first-order valence-corrected chi connectivity index (χ1v) is 4.63. The second kappa shape index (κ2) is 3.66. The lowest BCUT2D eigenvalue weighted by Gasteiger charge is -2.05. The van der Waals surface area contributed by atoms with Gasteiger partial charge in [-0.15, -0.1) is 0 Å². The summed E-state index contributed by atoms with van der Waals surface area (Å²) in [7, 11) is 0. The summed E-state index contributed by atoms with van der Waals surface area (Å²) in [6.45, 7) is 0. The fourth-order valence-electron chi connectivity index (χ4n) is 1.57. The van der Waals surface area contributed by atoms with Gasteiger partial charge >= 0.3 is 6.18 Å². The minimum Gasteiger partial charge on any atom is -0.361 e. The van der Waals surface area contributed by atoms with E-state index >= 15 is 0 Å². The number of aromatic nitrogens is 1. The molecule has 0 aliphatic heterocycles. The van der Waals surface area contributed by atoms with Crippen molar-refractivity contribution in [3.8, 4) is 0 Å². The summed E-state index contributed by atoms with van der Waals surface area (Å²) in [6.07, 6.45) is -3.76. The van der Waals surface area contributed by atoms with Gasteiger partial charge in [0.05, 0.1) is 0 Å². The highest BCUT2D eigenvalue weighted by Gasteiger charge is 2.37. The summed E-state index contributed by atoms with van der Waals surface area (Å²) in [4.78, 5) is 13.7. The maximum absolute atomic E-state index is 12.1. The summed E-state index contributed by atoms with van der Waals surface area (Å²) < 4.78 is 36.3. The summed E-state index contributed by atoms with van der Waals surface area (Å²) in [5.74, 6) is -1.73. The van der Waals surface area contributed by atoms with Crippen molar-refractivity contribution in [1.82, 2.24) is 4.98 Å². The first-order chi connectivity index (χ1) is 7.48. The molecule has 0 aliphatic rings. The summed E-state index contributed by atoms with van der Waals surface area (Å²) in [5, 5.41) is 0.799. The van der Waals surface area contributed by atoms with Crippen molar-refractivity contribution >= 4 is 16.7 Å². The van der Waals surface area contributed by atoms with Crippen molar-refractivity contribution in [3.05, 3.63) is 36.0 Å². The van der Waals surface area contributed by atoms with Crippen molar-refractivity contribution in [2.24, 2.45) is 0 Å². The van der Waals surface area contributed by atoms with Crippen molar-refractivity contribution in [1.29, 1.82) is 0 Å². The van der Waals surface area contributed by atoms with Gasteiger partial charge in [0, 0.05) is 18.1 Å². The number of rotatable bonds is 2. The Hall–Kier alpha value is -1.78. The van der Waals surface area contributed by atoms with Crippen LogP contribution in [0.3, 0.4) is 0 Å². The number of Topliss-reactive ketones (excluding diaryl/α,β-unsaturated/α-hetero) is 1. The third-order valence-electron chi connectivity index (χ3n) is 2.34. The molecule has 1 aromatic carbocycles. The molecule has 2 aromatic rings. The standard InChI is InChI=1S/C11H8F3NO/c12-11(13,14)9(16)6-8-3-1-2-7-4-5-15-10(7)8/h1-5,15H,6H2. The average Bonchev–Trinajstić information content (AvgIpc) is 2.65. The zero-order valence-corrected chi connectivity index (χ0v) is 8.14. The molecule has 1 N–H and O–H groups in total. The monoisotopic (exact) mass is 227 g/mol. The first-order valence-electron chi connectivity index (χ1n) is 4.63. The molecule has 0 spiro atoms. The lowest BCUT2D eigenvalue weighted by Crippen LogP contribution is -2.24. The SMILES string of the molecule is O=C(Cc1cccc2cc[nH]c12)C(F)(F)F. The van der Waals surface area contributed by atoms with Crippen LogP contribution >= 0.6 is 0 Å². The largest absolute Gasteiger partial charge is 0.450 e. The van der Waals surface area contributed by atoms with Crippen LogP contribution in [0.25, 0.3) is 10.9 Å². The van der Waals surface area contributed by atoms with E-state index in [1.807, 2.05) is 0 Å². The van der Waals surface area contributed by atoms with Gasteiger partial charge < -0.3 is 4.98 Å². The number of carbonyl (C=O) groups excluding carboxylic acids is 1. The molecule has 0 bridgehead atoms. The molecule has 84 valence electrons. The quantitative estimate of drug-likeness (QED) is 0.840. The number of alkyl halides is 3. The van der Waals surface area contributed by atoms with E-state index in [0.29, 0.717) is 11.1 Å². The van der Waals surface area contributed by atoms with Crippen LogP contribution in [0, 0.1) is 0 Å². The van der Waals surface area contributed by atoms with Crippen LogP contribution in [0.5, 0.6) is 0 Å². The molecule has 5 heteroatoms. The molecule has 16 heavy (non-hydrogen) atoms. The van der Waals surface area contributed by atoms with Crippen LogP contribution in [0.4, 0.5) is 13.2 Å². The number of aromatic amines is 1. The van der Waals surface area contributed by atoms with Crippen LogP contribution in [0.2, 0.25) is 0 Å². The summed E-state index contributed by atoms with van der Waals surface area (Å²) in [6, 6.07) is 6.67. The minimum absolute atomic E-state index is 0.366. The molecule has 2 rings (SSSR count). The number of fused-ring (bicyclic) bond motifs is 1. The molecular formula is C11H8F3NO. The number of para-hydroxylation sites is 1. The highest BCUT2D eigenvalue weighted by atomic mass is 19.4. The van der Waals surface area contributed by atoms with Crippen LogP contribution in [0.15, 0.2) is 30.5 Å². The Labute approximate surface area is 89.1 Å². The minimum atomic E-state index is -4.77. The predicted molar refractivity (Wildman–Crippen MR) is 53.1 cm³/mol. The zero-order chi connectivity index (χ0) is 11.8. The molecule has 0 saturated heterocycles. The molecule has 0 radical (unpaired) electrons. The first kappa shape index (κ1) is 10.7. The van der Waals surface area contributed by atoms with E-state index in [4.69, 9.17) is 0 Å². The third kappa shape index (κ3) is 1.93. The molecule has 1 heterocycles. The maximum Gasteiger partial charge on any atom is 0.450 e. The highest BCUT2D eigenvalue weighted by Crippen LogP contribution is 2.22. The van der Waals surface area contributed by atoms with E-state index in [1.54, 1.807) is 24.4 Å². The lowest BCUT2D eigenvalue weighted by molar-refractivity contribution is -0.170. The van der Waals surface area contributed by atoms with E-state index in [2.05, 4.69) is 4.98 Å². The smallest absolute Gasteiger partial charge is 0.361 e. The Kier molecular flexibility index (Phi) is 2.46. The van der Waals surface area contributed by atoms with Gasteiger partial charge in [0.15, 0.2) is 0 Å². The van der Waals surface area contributed by atoms with Gasteiger partial charge in [-0.3, -0.25) is 4.79 Å². The van der Waals surface area contributed by atoms with Crippen LogP contribution < -0.4 is 0 Å². The van der Waals surface area contributed by atoms with E-state index in [1.165, 1.54) is 6.07 Å². The van der Waals surface area contributed by atoms with E-state index in [0.717, 1.165) is 5.39 Å². The topological polar surface area (TPSA) is 32.9 Å². The number of hydrogen-bond donors (Lipinski definition) is 1. The number of H-pyrrole nitrogens is 1. The number of halogens is 3. The molecule has 0 aliphatic carbocycles. The van der Waals surface area contributed by atoms with Gasteiger partial charge in [-0.25, -0.2) is 0 Å².